The van der Waals surface area contributed by atoms with Crippen LogP contribution in [-0.4, -0.2) is 10.8 Å². The maximum atomic E-state index is 12.9. The van der Waals surface area contributed by atoms with Crippen LogP contribution in [0.3, 0.4) is 0 Å². The molecule has 1 aromatic carbocycles. The highest BCUT2D eigenvalue weighted by atomic mass is 79.9. The Balaban J connectivity index is 2.18. The first-order chi connectivity index (χ1) is 8.56. The van der Waals surface area contributed by atoms with E-state index in [0.717, 1.165) is 5.56 Å². The lowest BCUT2D eigenvalue weighted by atomic mass is 10.1. The Labute approximate surface area is 112 Å². The standard InChI is InChI=1S/C13H10BrFN2O/c14-11-6-9(15)2-1-8(11)5-13(18)12-4-3-10(16)7-17-12/h1-4,6-7H,5,16H2. The number of carbonyl (C=O) groups is 1. The van der Waals surface area contributed by atoms with Crippen molar-refractivity contribution in [2.45, 2.75) is 6.42 Å². The third-order valence-corrected chi connectivity index (χ3v) is 3.18. The van der Waals surface area contributed by atoms with Crippen molar-refractivity contribution in [3.8, 4) is 0 Å². The van der Waals surface area contributed by atoms with Gasteiger partial charge in [-0.15, -0.1) is 0 Å². The number of halogens is 2. The summed E-state index contributed by atoms with van der Waals surface area (Å²) in [6.45, 7) is 0. The van der Waals surface area contributed by atoms with Crippen LogP contribution in [0.5, 0.6) is 0 Å². The predicted molar refractivity (Wildman–Crippen MR) is 70.8 cm³/mol. The molecular weight excluding hydrogens is 299 g/mol. The number of pyridine rings is 1. The second-order valence-electron chi connectivity index (χ2n) is 3.81. The zero-order valence-corrected chi connectivity index (χ0v) is 10.9. The number of benzene rings is 1. The maximum absolute atomic E-state index is 12.9. The Morgan fingerprint density at radius 3 is 2.72 bits per heavy atom. The third-order valence-electron chi connectivity index (χ3n) is 2.44. The van der Waals surface area contributed by atoms with Crippen LogP contribution in [0.4, 0.5) is 10.1 Å². The molecule has 1 heterocycles. The fourth-order valence-corrected chi connectivity index (χ4v) is 1.99. The Morgan fingerprint density at radius 1 is 1.33 bits per heavy atom. The molecule has 0 atom stereocenters. The van der Waals surface area contributed by atoms with E-state index in [-0.39, 0.29) is 18.0 Å². The number of rotatable bonds is 3. The summed E-state index contributed by atoms with van der Waals surface area (Å²) in [5, 5.41) is 0. The Hall–Kier alpha value is -1.75. The van der Waals surface area contributed by atoms with Gasteiger partial charge in [-0.05, 0) is 29.8 Å². The van der Waals surface area contributed by atoms with Gasteiger partial charge in [0.25, 0.3) is 0 Å². The summed E-state index contributed by atoms with van der Waals surface area (Å²) in [5.74, 6) is -0.481. The number of anilines is 1. The third kappa shape index (κ3) is 2.92. The van der Waals surface area contributed by atoms with Crippen molar-refractivity contribution in [1.82, 2.24) is 4.98 Å². The summed E-state index contributed by atoms with van der Waals surface area (Å²) in [7, 11) is 0. The van der Waals surface area contributed by atoms with Crippen LogP contribution in [0.2, 0.25) is 0 Å². The van der Waals surface area contributed by atoms with Crippen molar-refractivity contribution in [2.75, 3.05) is 5.73 Å². The summed E-state index contributed by atoms with van der Waals surface area (Å²) in [4.78, 5) is 15.9. The molecule has 0 bridgehead atoms. The number of aromatic nitrogens is 1. The van der Waals surface area contributed by atoms with E-state index in [1.807, 2.05) is 0 Å². The number of hydrogen-bond acceptors (Lipinski definition) is 3. The van der Waals surface area contributed by atoms with Gasteiger partial charge >= 0.3 is 0 Å². The van der Waals surface area contributed by atoms with Crippen LogP contribution in [0, 0.1) is 5.82 Å². The van der Waals surface area contributed by atoms with Crippen LogP contribution in [0.1, 0.15) is 16.1 Å². The zero-order chi connectivity index (χ0) is 13.1. The monoisotopic (exact) mass is 308 g/mol. The van der Waals surface area contributed by atoms with Crippen molar-refractivity contribution in [3.05, 3.63) is 58.1 Å². The van der Waals surface area contributed by atoms with Gasteiger partial charge in [0, 0.05) is 10.9 Å². The van der Waals surface area contributed by atoms with Crippen molar-refractivity contribution in [2.24, 2.45) is 0 Å². The Bertz CT molecular complexity index is 584. The number of nitrogens with zero attached hydrogens (tertiary/aromatic N) is 1. The normalized spacial score (nSPS) is 10.3. The maximum Gasteiger partial charge on any atom is 0.185 e. The van der Waals surface area contributed by atoms with Gasteiger partial charge in [-0.2, -0.15) is 0 Å². The van der Waals surface area contributed by atoms with E-state index in [0.29, 0.717) is 15.9 Å². The van der Waals surface area contributed by atoms with Crippen molar-refractivity contribution < 1.29 is 9.18 Å². The lowest BCUT2D eigenvalue weighted by molar-refractivity contribution is 0.0988. The van der Waals surface area contributed by atoms with E-state index in [1.54, 1.807) is 18.2 Å². The molecule has 18 heavy (non-hydrogen) atoms. The molecule has 0 aliphatic heterocycles. The highest BCUT2D eigenvalue weighted by Crippen LogP contribution is 2.19. The van der Waals surface area contributed by atoms with Gasteiger partial charge in [0.05, 0.1) is 11.9 Å². The van der Waals surface area contributed by atoms with E-state index in [9.17, 15) is 9.18 Å². The number of ketones is 1. The molecule has 3 nitrogen and oxygen atoms in total. The Kier molecular flexibility index (Phi) is 3.72. The first-order valence-corrected chi connectivity index (χ1v) is 6.04. The fraction of sp³-hybridized carbons (Fsp3) is 0.0769. The summed E-state index contributed by atoms with van der Waals surface area (Å²) >= 11 is 3.23. The molecule has 92 valence electrons. The molecule has 0 spiro atoms. The van der Waals surface area contributed by atoms with Crippen LogP contribution < -0.4 is 5.73 Å². The number of Topliss-reactive ketones (excluding diaryl/α,β-unsaturated/α-hetero) is 1. The van der Waals surface area contributed by atoms with E-state index in [1.165, 1.54) is 18.3 Å². The SMILES string of the molecule is Nc1ccc(C(=O)Cc2ccc(F)cc2Br)nc1. The molecule has 2 N–H and O–H groups in total. The second kappa shape index (κ2) is 5.27. The molecule has 0 unspecified atom stereocenters. The van der Waals surface area contributed by atoms with Crippen LogP contribution in [0.25, 0.3) is 0 Å². The molecule has 0 amide bonds. The van der Waals surface area contributed by atoms with Crippen LogP contribution in [0.15, 0.2) is 41.0 Å². The molecular formula is C13H10BrFN2O. The summed E-state index contributed by atoms with van der Waals surface area (Å²) in [6.07, 6.45) is 1.60. The molecule has 2 rings (SSSR count). The predicted octanol–water partition coefficient (Wildman–Crippen LogP) is 2.99. The summed E-state index contributed by atoms with van der Waals surface area (Å²) in [6, 6.07) is 7.44. The highest BCUT2D eigenvalue weighted by molar-refractivity contribution is 9.10. The van der Waals surface area contributed by atoms with E-state index in [2.05, 4.69) is 20.9 Å². The summed E-state index contributed by atoms with van der Waals surface area (Å²) < 4.78 is 13.5. The minimum Gasteiger partial charge on any atom is -0.397 e. The fourth-order valence-electron chi connectivity index (χ4n) is 1.50. The molecule has 0 radical (unpaired) electrons. The van der Waals surface area contributed by atoms with Gasteiger partial charge < -0.3 is 5.73 Å². The molecule has 0 fully saturated rings. The quantitative estimate of drug-likeness (QED) is 0.887. The van der Waals surface area contributed by atoms with Gasteiger partial charge in [0.2, 0.25) is 0 Å². The van der Waals surface area contributed by atoms with Crippen molar-refractivity contribution in [1.29, 1.82) is 0 Å². The van der Waals surface area contributed by atoms with Crippen molar-refractivity contribution in [3.63, 3.8) is 0 Å². The van der Waals surface area contributed by atoms with Crippen molar-refractivity contribution >= 4 is 27.4 Å². The number of carbonyl (C=O) groups excluding carboxylic acids is 1. The molecule has 5 heteroatoms. The summed E-state index contributed by atoms with van der Waals surface area (Å²) in [5.41, 5.74) is 7.08. The minimum absolute atomic E-state index is 0.137. The van der Waals surface area contributed by atoms with Crippen LogP contribution >= 0.6 is 15.9 Å². The highest BCUT2D eigenvalue weighted by Gasteiger charge is 2.11. The number of nitrogens with two attached hydrogens (primary N) is 1. The molecule has 2 aromatic rings. The van der Waals surface area contributed by atoms with Crippen LogP contribution in [-0.2, 0) is 6.42 Å². The molecule has 0 saturated carbocycles. The second-order valence-corrected chi connectivity index (χ2v) is 4.67. The topological polar surface area (TPSA) is 56.0 Å². The zero-order valence-electron chi connectivity index (χ0n) is 9.36. The Morgan fingerprint density at radius 2 is 2.11 bits per heavy atom. The minimum atomic E-state index is -0.344. The van der Waals surface area contributed by atoms with Gasteiger partial charge in [0.15, 0.2) is 5.78 Å². The van der Waals surface area contributed by atoms with E-state index < -0.39 is 0 Å². The average Bonchev–Trinajstić information content (AvgIpc) is 2.33. The first-order valence-electron chi connectivity index (χ1n) is 5.25. The largest absolute Gasteiger partial charge is 0.397 e. The molecule has 0 saturated heterocycles. The molecule has 0 aliphatic carbocycles. The molecule has 1 aromatic heterocycles. The first kappa shape index (κ1) is 12.7. The van der Waals surface area contributed by atoms with Gasteiger partial charge in [-0.1, -0.05) is 22.0 Å². The van der Waals surface area contributed by atoms with Gasteiger partial charge in [0.1, 0.15) is 11.5 Å². The smallest absolute Gasteiger partial charge is 0.185 e. The van der Waals surface area contributed by atoms with Gasteiger partial charge in [-0.25, -0.2) is 4.39 Å². The number of hydrogen-bond donors (Lipinski definition) is 1. The van der Waals surface area contributed by atoms with E-state index in [4.69, 9.17) is 5.73 Å². The lowest BCUT2D eigenvalue weighted by Gasteiger charge is -2.04. The molecule has 0 aliphatic rings. The average molecular weight is 309 g/mol. The number of nitrogen functional groups attached to an aromatic ring is 1. The van der Waals surface area contributed by atoms with Gasteiger partial charge in [-0.3, -0.25) is 9.78 Å². The van der Waals surface area contributed by atoms with E-state index >= 15 is 0 Å². The lowest BCUT2D eigenvalue weighted by Crippen LogP contribution is -2.06.